The summed E-state index contributed by atoms with van der Waals surface area (Å²) in [6.45, 7) is 1.64. The highest BCUT2D eigenvalue weighted by molar-refractivity contribution is 5.90. The summed E-state index contributed by atoms with van der Waals surface area (Å²) in [7, 11) is 4.21. The Labute approximate surface area is 149 Å². The SMILES string of the molecule is COc1cc(-c2oc3cc(OC)c(C)c(O)c3c(=O)c2OC)ccc1O. The van der Waals surface area contributed by atoms with E-state index >= 15 is 0 Å². The van der Waals surface area contributed by atoms with Crippen molar-refractivity contribution in [3.63, 3.8) is 0 Å². The minimum absolute atomic E-state index is 0.00893. The summed E-state index contributed by atoms with van der Waals surface area (Å²) in [5.41, 5.74) is 0.528. The summed E-state index contributed by atoms with van der Waals surface area (Å²) >= 11 is 0. The second kappa shape index (κ2) is 6.51. The van der Waals surface area contributed by atoms with Gasteiger partial charge in [-0.05, 0) is 25.1 Å². The van der Waals surface area contributed by atoms with E-state index in [4.69, 9.17) is 18.6 Å². The Balaban J connectivity index is 2.40. The number of hydrogen-bond acceptors (Lipinski definition) is 7. The maximum absolute atomic E-state index is 12.9. The number of benzene rings is 2. The number of phenols is 2. The number of phenolic OH excluding ortho intramolecular Hbond substituents is 2. The van der Waals surface area contributed by atoms with Gasteiger partial charge in [0, 0.05) is 17.2 Å². The van der Waals surface area contributed by atoms with Gasteiger partial charge in [0.15, 0.2) is 17.3 Å². The lowest BCUT2D eigenvalue weighted by Crippen LogP contribution is -2.08. The van der Waals surface area contributed by atoms with E-state index in [0.29, 0.717) is 16.9 Å². The van der Waals surface area contributed by atoms with Gasteiger partial charge in [-0.1, -0.05) is 0 Å². The molecule has 136 valence electrons. The van der Waals surface area contributed by atoms with E-state index in [1.807, 2.05) is 0 Å². The quantitative estimate of drug-likeness (QED) is 0.739. The van der Waals surface area contributed by atoms with Gasteiger partial charge in [0.05, 0.1) is 21.3 Å². The summed E-state index contributed by atoms with van der Waals surface area (Å²) in [5.74, 6) is 0.419. The lowest BCUT2D eigenvalue weighted by molar-refractivity contribution is 0.373. The van der Waals surface area contributed by atoms with Crippen molar-refractivity contribution in [2.24, 2.45) is 0 Å². The Morgan fingerprint density at radius 2 is 1.65 bits per heavy atom. The molecule has 7 heteroatoms. The van der Waals surface area contributed by atoms with Gasteiger partial charge in [0.2, 0.25) is 11.2 Å². The third kappa shape index (κ3) is 2.57. The van der Waals surface area contributed by atoms with Crippen LogP contribution in [-0.2, 0) is 0 Å². The summed E-state index contributed by atoms with van der Waals surface area (Å²) < 4.78 is 21.4. The lowest BCUT2D eigenvalue weighted by atomic mass is 10.1. The summed E-state index contributed by atoms with van der Waals surface area (Å²) in [5, 5.41) is 20.2. The number of rotatable bonds is 4. The highest BCUT2D eigenvalue weighted by Crippen LogP contribution is 2.40. The van der Waals surface area contributed by atoms with Gasteiger partial charge in [-0.2, -0.15) is 0 Å². The predicted octanol–water partition coefficient (Wildman–Crippen LogP) is 3.21. The zero-order valence-electron chi connectivity index (χ0n) is 14.7. The second-order valence-corrected chi connectivity index (χ2v) is 5.61. The van der Waals surface area contributed by atoms with Crippen LogP contribution in [0.1, 0.15) is 5.56 Å². The molecule has 7 nitrogen and oxygen atoms in total. The van der Waals surface area contributed by atoms with Crippen LogP contribution < -0.4 is 19.6 Å². The van der Waals surface area contributed by atoms with Crippen molar-refractivity contribution in [2.75, 3.05) is 21.3 Å². The molecule has 3 aromatic rings. The molecule has 0 saturated carbocycles. The van der Waals surface area contributed by atoms with Crippen molar-refractivity contribution in [1.82, 2.24) is 0 Å². The van der Waals surface area contributed by atoms with E-state index in [-0.39, 0.29) is 39.7 Å². The van der Waals surface area contributed by atoms with Crippen LogP contribution in [0.2, 0.25) is 0 Å². The van der Waals surface area contributed by atoms with Gasteiger partial charge in [-0.15, -0.1) is 0 Å². The molecule has 1 heterocycles. The molecule has 0 amide bonds. The third-order valence-corrected chi connectivity index (χ3v) is 4.19. The standard InChI is InChI=1S/C19H18O7/c1-9-12(23-2)8-14-15(16(9)21)17(22)19(25-4)18(26-14)10-5-6-11(20)13(7-10)24-3/h5-8,20-21H,1-4H3. The predicted molar refractivity (Wildman–Crippen MR) is 95.6 cm³/mol. The van der Waals surface area contributed by atoms with Crippen LogP contribution in [0.25, 0.3) is 22.3 Å². The number of aromatic hydroxyl groups is 2. The van der Waals surface area contributed by atoms with Gasteiger partial charge in [-0.25, -0.2) is 0 Å². The van der Waals surface area contributed by atoms with Crippen LogP contribution in [0.3, 0.4) is 0 Å². The van der Waals surface area contributed by atoms with Crippen molar-refractivity contribution in [2.45, 2.75) is 6.92 Å². The molecular formula is C19H18O7. The van der Waals surface area contributed by atoms with Crippen LogP contribution >= 0.6 is 0 Å². The first-order valence-electron chi connectivity index (χ1n) is 7.71. The monoisotopic (exact) mass is 358 g/mol. The molecule has 0 fully saturated rings. The Kier molecular flexibility index (Phi) is 4.38. The average Bonchev–Trinajstić information content (AvgIpc) is 2.64. The summed E-state index contributed by atoms with van der Waals surface area (Å²) in [4.78, 5) is 12.9. The Bertz CT molecular complexity index is 1050. The Hall–Kier alpha value is -3.35. The maximum atomic E-state index is 12.9. The molecule has 3 rings (SSSR count). The maximum Gasteiger partial charge on any atom is 0.239 e. The molecule has 0 aliphatic rings. The van der Waals surface area contributed by atoms with Gasteiger partial charge in [0.1, 0.15) is 22.5 Å². The number of ether oxygens (including phenoxy) is 3. The van der Waals surface area contributed by atoms with E-state index in [9.17, 15) is 15.0 Å². The van der Waals surface area contributed by atoms with E-state index < -0.39 is 5.43 Å². The highest BCUT2D eigenvalue weighted by Gasteiger charge is 2.22. The zero-order valence-corrected chi connectivity index (χ0v) is 14.7. The molecule has 0 atom stereocenters. The van der Waals surface area contributed by atoms with Gasteiger partial charge >= 0.3 is 0 Å². The van der Waals surface area contributed by atoms with Gasteiger partial charge in [-0.3, -0.25) is 4.79 Å². The molecule has 0 saturated heterocycles. The van der Waals surface area contributed by atoms with E-state index in [2.05, 4.69) is 0 Å². The summed E-state index contributed by atoms with van der Waals surface area (Å²) in [6, 6.07) is 6.04. The van der Waals surface area contributed by atoms with Gasteiger partial charge in [0.25, 0.3) is 0 Å². The highest BCUT2D eigenvalue weighted by atomic mass is 16.5. The fourth-order valence-electron chi connectivity index (χ4n) is 2.80. The van der Waals surface area contributed by atoms with Crippen LogP contribution in [0.4, 0.5) is 0 Å². The Morgan fingerprint density at radius 1 is 0.962 bits per heavy atom. The second-order valence-electron chi connectivity index (χ2n) is 5.61. The summed E-state index contributed by atoms with van der Waals surface area (Å²) in [6.07, 6.45) is 0. The van der Waals surface area contributed by atoms with Crippen molar-refractivity contribution in [3.8, 4) is 40.1 Å². The zero-order chi connectivity index (χ0) is 19.0. The van der Waals surface area contributed by atoms with Crippen LogP contribution in [-0.4, -0.2) is 31.5 Å². The van der Waals surface area contributed by atoms with Crippen molar-refractivity contribution in [3.05, 3.63) is 40.1 Å². The molecule has 1 aromatic heterocycles. The minimum atomic E-state index is -0.515. The lowest BCUT2D eigenvalue weighted by Gasteiger charge is -2.13. The molecular weight excluding hydrogens is 340 g/mol. The number of hydrogen-bond donors (Lipinski definition) is 2. The van der Waals surface area contributed by atoms with E-state index in [1.54, 1.807) is 13.0 Å². The Morgan fingerprint density at radius 3 is 2.27 bits per heavy atom. The average molecular weight is 358 g/mol. The molecule has 2 aromatic carbocycles. The molecule has 0 aliphatic carbocycles. The van der Waals surface area contributed by atoms with Crippen LogP contribution in [0, 0.1) is 6.92 Å². The smallest absolute Gasteiger partial charge is 0.239 e. The molecule has 0 radical (unpaired) electrons. The number of fused-ring (bicyclic) bond motifs is 1. The molecule has 0 unspecified atom stereocenters. The van der Waals surface area contributed by atoms with Crippen LogP contribution in [0.15, 0.2) is 33.5 Å². The van der Waals surface area contributed by atoms with Gasteiger partial charge < -0.3 is 28.8 Å². The van der Waals surface area contributed by atoms with Crippen molar-refractivity contribution >= 4 is 11.0 Å². The first-order valence-corrected chi connectivity index (χ1v) is 7.71. The molecule has 0 bridgehead atoms. The largest absolute Gasteiger partial charge is 0.507 e. The molecule has 0 aliphatic heterocycles. The molecule has 0 spiro atoms. The first kappa shape index (κ1) is 17.5. The van der Waals surface area contributed by atoms with E-state index in [0.717, 1.165) is 0 Å². The normalized spacial score (nSPS) is 10.8. The molecule has 2 N–H and O–H groups in total. The fourth-order valence-corrected chi connectivity index (χ4v) is 2.80. The number of methoxy groups -OCH3 is 3. The first-order chi connectivity index (χ1) is 12.4. The van der Waals surface area contributed by atoms with Crippen LogP contribution in [0.5, 0.6) is 28.7 Å². The van der Waals surface area contributed by atoms with Crippen molar-refractivity contribution in [1.29, 1.82) is 0 Å². The molecule has 26 heavy (non-hydrogen) atoms. The third-order valence-electron chi connectivity index (χ3n) is 4.19. The fraction of sp³-hybridized carbons (Fsp3) is 0.211. The topological polar surface area (TPSA) is 98.4 Å². The minimum Gasteiger partial charge on any atom is -0.507 e. The van der Waals surface area contributed by atoms with E-state index in [1.165, 1.54) is 39.5 Å². The van der Waals surface area contributed by atoms with Crippen molar-refractivity contribution < 1.29 is 28.8 Å².